The van der Waals surface area contributed by atoms with Gasteiger partial charge in [0.2, 0.25) is 5.91 Å². The van der Waals surface area contributed by atoms with Gasteiger partial charge in [-0.05, 0) is 43.5 Å². The molecule has 0 saturated carbocycles. The molecule has 37 heavy (non-hydrogen) atoms. The summed E-state index contributed by atoms with van der Waals surface area (Å²) in [7, 11) is 0. The minimum atomic E-state index is -0.302. The Hall–Kier alpha value is -3.99. The van der Waals surface area contributed by atoms with Crippen LogP contribution < -0.4 is 10.2 Å². The maximum Gasteiger partial charge on any atom is 0.225 e. The van der Waals surface area contributed by atoms with Crippen molar-refractivity contribution in [2.75, 3.05) is 18.0 Å². The number of carbonyl (C=O) groups excluding carboxylic acids is 1. The lowest BCUT2D eigenvalue weighted by Crippen LogP contribution is -2.43. The fraction of sp³-hybridized carbons (Fsp3) is 0.269. The number of amides is 1. The molecule has 1 amide bonds. The Morgan fingerprint density at radius 3 is 2.92 bits per heavy atom. The minimum absolute atomic E-state index is 0.0755. The molecule has 1 N–H and O–H groups in total. The van der Waals surface area contributed by atoms with Gasteiger partial charge in [0.05, 0.1) is 33.9 Å². The van der Waals surface area contributed by atoms with Gasteiger partial charge in [0, 0.05) is 36.2 Å². The predicted molar refractivity (Wildman–Crippen MR) is 138 cm³/mol. The highest BCUT2D eigenvalue weighted by Crippen LogP contribution is 2.29. The fourth-order valence-electron chi connectivity index (χ4n) is 4.68. The van der Waals surface area contributed by atoms with E-state index in [0.717, 1.165) is 29.5 Å². The van der Waals surface area contributed by atoms with Gasteiger partial charge in [-0.15, -0.1) is 16.4 Å². The Morgan fingerprint density at radius 1 is 1.16 bits per heavy atom. The van der Waals surface area contributed by atoms with Crippen LogP contribution in [0.4, 0.5) is 14.6 Å². The summed E-state index contributed by atoms with van der Waals surface area (Å²) in [5.74, 6) is -0.190. The van der Waals surface area contributed by atoms with Crippen molar-refractivity contribution in [2.45, 2.75) is 26.3 Å². The van der Waals surface area contributed by atoms with Crippen molar-refractivity contribution in [3.63, 3.8) is 0 Å². The van der Waals surface area contributed by atoms with Gasteiger partial charge in [-0.1, -0.05) is 6.07 Å². The molecule has 8 nitrogen and oxygen atoms in total. The van der Waals surface area contributed by atoms with Crippen molar-refractivity contribution in [2.24, 2.45) is 5.92 Å². The van der Waals surface area contributed by atoms with Crippen molar-refractivity contribution < 1.29 is 13.6 Å². The number of anilines is 1. The second-order valence-corrected chi connectivity index (χ2v) is 10.1. The van der Waals surface area contributed by atoms with Gasteiger partial charge in [-0.2, -0.15) is 0 Å². The van der Waals surface area contributed by atoms with E-state index in [1.54, 1.807) is 42.2 Å². The SMILES string of the molecule is Cc1ccc(-n2cc3c(N4CCC[C@H](C(=O)NCc5cc6c(F)csc6cn5)C4)ncnc3n2)cc1F. The Labute approximate surface area is 215 Å². The Bertz CT molecular complexity index is 1630. The smallest absolute Gasteiger partial charge is 0.225 e. The zero-order valence-corrected chi connectivity index (χ0v) is 20.8. The fourth-order valence-corrected chi connectivity index (χ4v) is 5.44. The van der Waals surface area contributed by atoms with Gasteiger partial charge in [0.1, 0.15) is 23.8 Å². The number of piperidine rings is 1. The van der Waals surface area contributed by atoms with E-state index in [-0.39, 0.29) is 30.0 Å². The molecule has 1 fully saturated rings. The molecule has 0 aliphatic carbocycles. The quantitative estimate of drug-likeness (QED) is 0.367. The number of carbonyl (C=O) groups is 1. The third-order valence-electron chi connectivity index (χ3n) is 6.72. The van der Waals surface area contributed by atoms with Crippen molar-refractivity contribution >= 4 is 44.2 Å². The van der Waals surface area contributed by atoms with E-state index in [1.807, 2.05) is 0 Å². The molecular formula is C26H23F2N7OS. The summed E-state index contributed by atoms with van der Waals surface area (Å²) in [4.78, 5) is 28.2. The third kappa shape index (κ3) is 4.50. The number of halogens is 2. The highest BCUT2D eigenvalue weighted by molar-refractivity contribution is 7.17. The molecule has 1 aromatic carbocycles. The van der Waals surface area contributed by atoms with Crippen LogP contribution in [-0.4, -0.2) is 43.7 Å². The molecule has 1 atom stereocenters. The van der Waals surface area contributed by atoms with Crippen LogP contribution >= 0.6 is 11.3 Å². The number of pyridine rings is 1. The molecule has 6 rings (SSSR count). The number of nitrogens with zero attached hydrogens (tertiary/aromatic N) is 6. The first-order chi connectivity index (χ1) is 18.0. The molecule has 5 aromatic rings. The van der Waals surface area contributed by atoms with Crippen molar-refractivity contribution in [1.29, 1.82) is 0 Å². The van der Waals surface area contributed by atoms with E-state index in [2.05, 4.69) is 30.3 Å². The molecule has 4 aromatic heterocycles. The Morgan fingerprint density at radius 2 is 2.05 bits per heavy atom. The topological polar surface area (TPSA) is 88.8 Å². The van der Waals surface area contributed by atoms with Gasteiger partial charge in [-0.25, -0.2) is 23.4 Å². The second-order valence-electron chi connectivity index (χ2n) is 9.20. The first kappa shape index (κ1) is 23.4. The number of rotatable bonds is 5. The van der Waals surface area contributed by atoms with Crippen LogP contribution in [0.2, 0.25) is 0 Å². The number of nitrogens with one attached hydrogen (secondary N) is 1. The second kappa shape index (κ2) is 9.47. The average Bonchev–Trinajstić information content (AvgIpc) is 3.52. The molecule has 1 aliphatic heterocycles. The summed E-state index contributed by atoms with van der Waals surface area (Å²) in [5, 5.41) is 10.2. The number of hydrogen-bond acceptors (Lipinski definition) is 7. The average molecular weight is 520 g/mol. The van der Waals surface area contributed by atoms with E-state index < -0.39 is 0 Å². The van der Waals surface area contributed by atoms with Gasteiger partial charge < -0.3 is 10.2 Å². The van der Waals surface area contributed by atoms with Crippen LogP contribution in [0, 0.1) is 24.5 Å². The van der Waals surface area contributed by atoms with Crippen LogP contribution in [0.15, 0.2) is 48.4 Å². The van der Waals surface area contributed by atoms with Crippen LogP contribution in [0.5, 0.6) is 0 Å². The molecule has 0 radical (unpaired) electrons. The van der Waals surface area contributed by atoms with E-state index in [0.29, 0.717) is 40.3 Å². The van der Waals surface area contributed by atoms with Gasteiger partial charge in [-0.3, -0.25) is 9.78 Å². The molecule has 0 bridgehead atoms. The summed E-state index contributed by atoms with van der Waals surface area (Å²) in [6.45, 7) is 3.19. The Kier molecular flexibility index (Phi) is 5.99. The maximum atomic E-state index is 14.1. The van der Waals surface area contributed by atoms with E-state index >= 15 is 0 Å². The number of benzene rings is 1. The zero-order valence-electron chi connectivity index (χ0n) is 20.0. The first-order valence-electron chi connectivity index (χ1n) is 12.0. The van der Waals surface area contributed by atoms with Crippen molar-refractivity contribution in [3.8, 4) is 5.69 Å². The van der Waals surface area contributed by atoms with Gasteiger partial charge in [0.15, 0.2) is 5.65 Å². The largest absolute Gasteiger partial charge is 0.355 e. The Balaban J connectivity index is 1.18. The first-order valence-corrected chi connectivity index (χ1v) is 12.9. The standard InChI is InChI=1S/C26H23F2N7OS/c1-15-4-5-18(8-21(15)27)35-12-20-24(33-35)31-14-32-25(20)34-6-2-3-16(11-34)26(36)30-9-17-7-19-22(28)13-37-23(19)10-29-17/h4-5,7-8,10,12-14,16H,2-3,6,9,11H2,1H3,(H,30,36)/t16-/m0/s1. The highest BCUT2D eigenvalue weighted by Gasteiger charge is 2.28. The van der Waals surface area contributed by atoms with Crippen molar-refractivity contribution in [3.05, 3.63) is 71.3 Å². The highest BCUT2D eigenvalue weighted by atomic mass is 32.1. The number of aromatic nitrogens is 5. The molecule has 1 aliphatic rings. The lowest BCUT2D eigenvalue weighted by atomic mass is 9.97. The van der Waals surface area contributed by atoms with Crippen LogP contribution in [0.25, 0.3) is 26.8 Å². The molecule has 0 spiro atoms. The molecular weight excluding hydrogens is 496 g/mol. The molecule has 1 saturated heterocycles. The number of fused-ring (bicyclic) bond motifs is 2. The predicted octanol–water partition coefficient (Wildman–Crippen LogP) is 4.54. The number of thiophene rings is 1. The van der Waals surface area contributed by atoms with E-state index in [1.165, 1.54) is 29.1 Å². The normalized spacial score (nSPS) is 16.0. The lowest BCUT2D eigenvalue weighted by Gasteiger charge is -2.33. The van der Waals surface area contributed by atoms with Crippen LogP contribution in [0.3, 0.4) is 0 Å². The molecule has 5 heterocycles. The number of hydrogen-bond donors (Lipinski definition) is 1. The number of aryl methyl sites for hydroxylation is 1. The monoisotopic (exact) mass is 519 g/mol. The zero-order chi connectivity index (χ0) is 25.5. The minimum Gasteiger partial charge on any atom is -0.355 e. The summed E-state index contributed by atoms with van der Waals surface area (Å²) in [6, 6.07) is 6.64. The summed E-state index contributed by atoms with van der Waals surface area (Å²) in [5.41, 5.74) is 2.27. The van der Waals surface area contributed by atoms with E-state index in [4.69, 9.17) is 0 Å². The third-order valence-corrected chi connectivity index (χ3v) is 7.63. The van der Waals surface area contributed by atoms with Gasteiger partial charge in [0.25, 0.3) is 0 Å². The summed E-state index contributed by atoms with van der Waals surface area (Å²) < 4.78 is 30.4. The lowest BCUT2D eigenvalue weighted by molar-refractivity contribution is -0.125. The summed E-state index contributed by atoms with van der Waals surface area (Å²) in [6.07, 6.45) is 6.47. The maximum absolute atomic E-state index is 14.1. The van der Waals surface area contributed by atoms with E-state index in [9.17, 15) is 13.6 Å². The van der Waals surface area contributed by atoms with Crippen molar-refractivity contribution in [1.82, 2.24) is 30.0 Å². The molecule has 0 unspecified atom stereocenters. The molecule has 11 heteroatoms. The van der Waals surface area contributed by atoms with Crippen LogP contribution in [-0.2, 0) is 11.3 Å². The van der Waals surface area contributed by atoms with Gasteiger partial charge >= 0.3 is 0 Å². The van der Waals surface area contributed by atoms with Crippen LogP contribution in [0.1, 0.15) is 24.1 Å². The molecule has 188 valence electrons. The summed E-state index contributed by atoms with van der Waals surface area (Å²) >= 11 is 1.31.